The molecule has 3 N–H and O–H groups in total. The fourth-order valence-corrected chi connectivity index (χ4v) is 4.09. The topological polar surface area (TPSA) is 104 Å². The van der Waals surface area contributed by atoms with Gasteiger partial charge in [-0.25, -0.2) is 13.4 Å². The number of imidazole rings is 1. The second-order valence-corrected chi connectivity index (χ2v) is 8.80. The number of carbonyl (C=O) groups excluding carboxylic acids is 1. The quantitative estimate of drug-likeness (QED) is 0.381. The summed E-state index contributed by atoms with van der Waals surface area (Å²) in [6.07, 6.45) is 5.08. The number of nitrogens with one attached hydrogen (secondary N) is 3. The van der Waals surface area contributed by atoms with Crippen LogP contribution in [0.25, 0.3) is 22.4 Å². The maximum absolute atomic E-state index is 12.4. The summed E-state index contributed by atoms with van der Waals surface area (Å²) in [7, 11) is -3.69. The van der Waals surface area contributed by atoms with E-state index in [2.05, 4.69) is 25.9 Å². The molecule has 0 saturated heterocycles. The third-order valence-electron chi connectivity index (χ3n) is 4.86. The zero-order valence-corrected chi connectivity index (χ0v) is 17.8. The molecule has 0 aliphatic rings. The number of para-hydroxylation sites is 2. The molecule has 0 saturated carbocycles. The van der Waals surface area contributed by atoms with E-state index in [0.717, 1.165) is 28.0 Å². The first-order valence-corrected chi connectivity index (χ1v) is 11.3. The summed E-state index contributed by atoms with van der Waals surface area (Å²) in [4.78, 5) is 20.3. The maximum atomic E-state index is 12.4. The van der Waals surface area contributed by atoms with E-state index in [1.165, 1.54) is 24.3 Å². The van der Waals surface area contributed by atoms with E-state index in [1.54, 1.807) is 0 Å². The molecular weight excluding hydrogens is 424 g/mol. The van der Waals surface area contributed by atoms with Gasteiger partial charge in [0.05, 0.1) is 22.5 Å². The molecule has 4 aromatic rings. The molecule has 4 rings (SSSR count). The van der Waals surface area contributed by atoms with E-state index >= 15 is 0 Å². The van der Waals surface area contributed by atoms with E-state index < -0.39 is 10.0 Å². The number of sulfonamides is 1. The van der Waals surface area contributed by atoms with Crippen LogP contribution in [0.2, 0.25) is 0 Å². The molecular formula is C24H20N4O3S. The Labute approximate surface area is 186 Å². The lowest BCUT2D eigenvalue weighted by Gasteiger charge is -2.08. The van der Waals surface area contributed by atoms with Crippen LogP contribution in [-0.2, 0) is 16.6 Å². The predicted molar refractivity (Wildman–Crippen MR) is 123 cm³/mol. The molecule has 0 fully saturated rings. The number of aromatic amines is 1. The van der Waals surface area contributed by atoms with Crippen molar-refractivity contribution in [3.05, 3.63) is 83.9 Å². The lowest BCUT2D eigenvalue weighted by molar-refractivity contribution is 0.0951. The van der Waals surface area contributed by atoms with Crippen molar-refractivity contribution < 1.29 is 13.2 Å². The molecule has 7 nitrogen and oxygen atoms in total. The lowest BCUT2D eigenvalue weighted by atomic mass is 10.1. The first-order chi connectivity index (χ1) is 15.5. The van der Waals surface area contributed by atoms with Gasteiger partial charge in [0.25, 0.3) is 5.91 Å². The smallest absolute Gasteiger partial charge is 0.251 e. The number of nitrogens with zero attached hydrogens (tertiary/aromatic N) is 1. The van der Waals surface area contributed by atoms with Crippen molar-refractivity contribution >= 4 is 27.0 Å². The van der Waals surface area contributed by atoms with Crippen molar-refractivity contribution in [2.24, 2.45) is 0 Å². The number of H-pyrrole nitrogens is 1. The second kappa shape index (κ2) is 9.06. The molecule has 1 aromatic heterocycles. The Morgan fingerprint density at radius 1 is 1.00 bits per heavy atom. The van der Waals surface area contributed by atoms with Crippen LogP contribution in [0, 0.1) is 12.3 Å². The second-order valence-electron chi connectivity index (χ2n) is 7.04. The van der Waals surface area contributed by atoms with E-state index in [4.69, 9.17) is 6.42 Å². The van der Waals surface area contributed by atoms with Crippen molar-refractivity contribution in [1.29, 1.82) is 0 Å². The minimum Gasteiger partial charge on any atom is -0.348 e. The standard InChI is InChI=1S/C24H20N4O3S/c1-2-15-26-32(30,31)20-13-11-19(12-14-20)24(29)25-16-17-7-9-18(10-8-17)23-27-21-5-3-4-6-22(21)28-23/h1,3-14,26H,15-16H2,(H,25,29)(H,27,28). The number of fused-ring (bicyclic) bond motifs is 1. The number of terminal acetylenes is 1. The molecule has 0 spiro atoms. The van der Waals surface area contributed by atoms with Gasteiger partial charge in [-0.3, -0.25) is 4.79 Å². The Kier molecular flexibility index (Phi) is 6.03. The fraction of sp³-hybridized carbons (Fsp3) is 0.0833. The highest BCUT2D eigenvalue weighted by molar-refractivity contribution is 7.89. The summed E-state index contributed by atoms with van der Waals surface area (Å²) >= 11 is 0. The van der Waals surface area contributed by atoms with Gasteiger partial charge in [0.15, 0.2) is 0 Å². The van der Waals surface area contributed by atoms with Crippen molar-refractivity contribution in [2.75, 3.05) is 6.54 Å². The normalized spacial score (nSPS) is 11.2. The minimum atomic E-state index is -3.69. The molecule has 0 bridgehead atoms. The molecule has 160 valence electrons. The molecule has 0 aliphatic heterocycles. The monoisotopic (exact) mass is 444 g/mol. The third kappa shape index (κ3) is 4.70. The number of hydrogen-bond donors (Lipinski definition) is 3. The van der Waals surface area contributed by atoms with Gasteiger partial charge in [-0.05, 0) is 42.0 Å². The Morgan fingerprint density at radius 3 is 2.41 bits per heavy atom. The molecule has 0 aliphatic carbocycles. The van der Waals surface area contributed by atoms with Gasteiger partial charge in [0.1, 0.15) is 5.82 Å². The number of carbonyl (C=O) groups is 1. The summed E-state index contributed by atoms with van der Waals surface area (Å²) in [6.45, 7) is 0.239. The van der Waals surface area contributed by atoms with Gasteiger partial charge in [-0.2, -0.15) is 4.72 Å². The molecule has 8 heteroatoms. The van der Waals surface area contributed by atoms with E-state index in [0.29, 0.717) is 12.1 Å². The van der Waals surface area contributed by atoms with Gasteiger partial charge in [-0.15, -0.1) is 6.42 Å². The van der Waals surface area contributed by atoms with Crippen LogP contribution in [0.3, 0.4) is 0 Å². The summed E-state index contributed by atoms with van der Waals surface area (Å²) in [6, 6.07) is 21.2. The average Bonchev–Trinajstić information content (AvgIpc) is 3.26. The Morgan fingerprint density at radius 2 is 1.72 bits per heavy atom. The van der Waals surface area contributed by atoms with Crippen LogP contribution in [0.1, 0.15) is 15.9 Å². The highest BCUT2D eigenvalue weighted by atomic mass is 32.2. The van der Waals surface area contributed by atoms with E-state index in [9.17, 15) is 13.2 Å². The lowest BCUT2D eigenvalue weighted by Crippen LogP contribution is -2.25. The number of benzene rings is 3. The number of hydrogen-bond acceptors (Lipinski definition) is 4. The van der Waals surface area contributed by atoms with Gasteiger partial charge < -0.3 is 10.3 Å². The predicted octanol–water partition coefficient (Wildman–Crippen LogP) is 3.07. The van der Waals surface area contributed by atoms with Crippen LogP contribution >= 0.6 is 0 Å². The van der Waals surface area contributed by atoms with Gasteiger partial charge in [-0.1, -0.05) is 42.3 Å². The first-order valence-electron chi connectivity index (χ1n) is 9.82. The Balaban J connectivity index is 1.38. The van der Waals surface area contributed by atoms with Crippen LogP contribution in [-0.4, -0.2) is 30.8 Å². The first kappa shape index (κ1) is 21.3. The highest BCUT2D eigenvalue weighted by Gasteiger charge is 2.14. The number of amides is 1. The zero-order chi connectivity index (χ0) is 22.6. The van der Waals surface area contributed by atoms with Crippen LogP contribution < -0.4 is 10.0 Å². The largest absolute Gasteiger partial charge is 0.348 e. The zero-order valence-electron chi connectivity index (χ0n) is 17.0. The molecule has 0 unspecified atom stereocenters. The van der Waals surface area contributed by atoms with Crippen LogP contribution in [0.15, 0.2) is 77.7 Å². The summed E-state index contributed by atoms with van der Waals surface area (Å²) in [5.41, 5.74) is 4.12. The molecule has 32 heavy (non-hydrogen) atoms. The van der Waals surface area contributed by atoms with E-state index in [1.807, 2.05) is 48.5 Å². The Hall–Kier alpha value is -3.93. The molecule has 1 heterocycles. The van der Waals surface area contributed by atoms with Crippen molar-refractivity contribution in [2.45, 2.75) is 11.4 Å². The summed E-state index contributed by atoms with van der Waals surface area (Å²) in [5.74, 6) is 2.70. The third-order valence-corrected chi connectivity index (χ3v) is 6.28. The summed E-state index contributed by atoms with van der Waals surface area (Å²) in [5, 5.41) is 2.83. The molecule has 3 aromatic carbocycles. The minimum absolute atomic E-state index is 0.0467. The van der Waals surface area contributed by atoms with Gasteiger partial charge in [0.2, 0.25) is 10.0 Å². The van der Waals surface area contributed by atoms with Crippen LogP contribution in [0.4, 0.5) is 0 Å². The fourth-order valence-electron chi connectivity index (χ4n) is 3.16. The molecule has 0 radical (unpaired) electrons. The number of rotatable bonds is 7. The number of aromatic nitrogens is 2. The van der Waals surface area contributed by atoms with E-state index in [-0.39, 0.29) is 17.3 Å². The molecule has 1 amide bonds. The summed E-state index contributed by atoms with van der Waals surface area (Å²) < 4.78 is 26.4. The van der Waals surface area contributed by atoms with Gasteiger partial charge in [0, 0.05) is 17.7 Å². The SMILES string of the molecule is C#CCNS(=O)(=O)c1ccc(C(=O)NCc2ccc(-c3nc4ccccc4[nH]3)cc2)cc1. The van der Waals surface area contributed by atoms with Gasteiger partial charge >= 0.3 is 0 Å². The molecule has 0 atom stereocenters. The van der Waals surface area contributed by atoms with Crippen LogP contribution in [0.5, 0.6) is 0 Å². The van der Waals surface area contributed by atoms with Crippen molar-refractivity contribution in [3.63, 3.8) is 0 Å². The maximum Gasteiger partial charge on any atom is 0.251 e. The highest BCUT2D eigenvalue weighted by Crippen LogP contribution is 2.20. The van der Waals surface area contributed by atoms with Crippen molar-refractivity contribution in [1.82, 2.24) is 20.0 Å². The van der Waals surface area contributed by atoms with Crippen molar-refractivity contribution in [3.8, 4) is 23.7 Å². The Bertz CT molecular complexity index is 1370. The average molecular weight is 445 g/mol.